The Hall–Kier alpha value is -1.90. The van der Waals surface area contributed by atoms with E-state index in [9.17, 15) is 9.18 Å². The number of hydrogen-bond acceptors (Lipinski definition) is 1. The highest BCUT2D eigenvalue weighted by molar-refractivity contribution is 5.87. The minimum atomic E-state index is -1.87. The van der Waals surface area contributed by atoms with Crippen LogP contribution in [0.25, 0.3) is 10.8 Å². The molecule has 0 heterocycles. The molecule has 2 aromatic rings. The molecule has 0 aromatic heterocycles. The van der Waals surface area contributed by atoms with E-state index in [4.69, 9.17) is 5.11 Å². The molecule has 0 aliphatic heterocycles. The number of fused-ring (bicyclic) bond motifs is 1. The summed E-state index contributed by atoms with van der Waals surface area (Å²) in [4.78, 5) is 10.7. The quantitative estimate of drug-likeness (QED) is 0.880. The van der Waals surface area contributed by atoms with E-state index in [0.29, 0.717) is 0 Å². The highest BCUT2D eigenvalue weighted by atomic mass is 19.1. The summed E-state index contributed by atoms with van der Waals surface area (Å²) in [6, 6.07) is 13.1. The van der Waals surface area contributed by atoms with E-state index in [1.807, 2.05) is 36.4 Å². The van der Waals surface area contributed by atoms with Gasteiger partial charge < -0.3 is 5.11 Å². The first kappa shape index (κ1) is 11.6. The minimum absolute atomic E-state index is 0.654. The van der Waals surface area contributed by atoms with Crippen LogP contribution in [0.15, 0.2) is 42.5 Å². The first-order valence-corrected chi connectivity index (χ1v) is 5.46. The van der Waals surface area contributed by atoms with Crippen LogP contribution >= 0.6 is 0 Å². The maximum Gasteiger partial charge on any atom is 0.338 e. The number of carboxylic acid groups (broad SMARTS) is 1. The third kappa shape index (κ3) is 2.13. The van der Waals surface area contributed by atoms with Gasteiger partial charge >= 0.3 is 5.97 Å². The van der Waals surface area contributed by atoms with Crippen LogP contribution in [0.5, 0.6) is 0 Å². The zero-order valence-corrected chi connectivity index (χ0v) is 9.43. The van der Waals surface area contributed by atoms with Crippen molar-refractivity contribution in [3.05, 3.63) is 48.0 Å². The lowest BCUT2D eigenvalue weighted by Gasteiger charge is -2.15. The van der Waals surface area contributed by atoms with Crippen LogP contribution in [0, 0.1) is 0 Å². The average molecular weight is 232 g/mol. The van der Waals surface area contributed by atoms with Crippen molar-refractivity contribution in [3.8, 4) is 0 Å². The Bertz CT molecular complexity index is 545. The first-order chi connectivity index (χ1) is 8.11. The number of aliphatic carboxylic acids is 1. The molecular formula is C14H13FO2. The van der Waals surface area contributed by atoms with Gasteiger partial charge in [-0.25, -0.2) is 9.18 Å². The van der Waals surface area contributed by atoms with Gasteiger partial charge in [-0.2, -0.15) is 0 Å². The van der Waals surface area contributed by atoms with E-state index in [1.54, 1.807) is 13.0 Å². The number of rotatable bonds is 3. The Balaban J connectivity index is 2.52. The summed E-state index contributed by atoms with van der Waals surface area (Å²) in [5.74, 6) is -2.07. The van der Waals surface area contributed by atoms with Crippen molar-refractivity contribution in [1.29, 1.82) is 0 Å². The third-order valence-corrected chi connectivity index (χ3v) is 2.99. The average Bonchev–Trinajstić information content (AvgIpc) is 2.36. The monoisotopic (exact) mass is 232 g/mol. The van der Waals surface area contributed by atoms with Crippen LogP contribution in [0.2, 0.25) is 0 Å². The Morgan fingerprint density at radius 3 is 2.53 bits per heavy atom. The number of hydrogen-bond donors (Lipinski definition) is 1. The molecule has 0 amide bonds. The van der Waals surface area contributed by atoms with Gasteiger partial charge in [-0.15, -0.1) is 0 Å². The second-order valence-electron chi connectivity index (χ2n) is 4.10. The molecule has 17 heavy (non-hydrogen) atoms. The van der Waals surface area contributed by atoms with Gasteiger partial charge in [0.2, 0.25) is 6.17 Å². The van der Waals surface area contributed by atoms with E-state index in [1.165, 1.54) is 0 Å². The fourth-order valence-corrected chi connectivity index (χ4v) is 2.02. The molecule has 2 aromatic carbocycles. The topological polar surface area (TPSA) is 37.3 Å². The summed E-state index contributed by atoms with van der Waals surface area (Å²) >= 11 is 0. The van der Waals surface area contributed by atoms with Crippen molar-refractivity contribution in [2.24, 2.45) is 0 Å². The lowest BCUT2D eigenvalue weighted by Crippen LogP contribution is -2.21. The van der Waals surface area contributed by atoms with Crippen LogP contribution in [-0.4, -0.2) is 17.2 Å². The van der Waals surface area contributed by atoms with Gasteiger partial charge in [0.25, 0.3) is 0 Å². The van der Waals surface area contributed by atoms with E-state index in [-0.39, 0.29) is 0 Å². The standard InChI is InChI=1S/C14H13FO2/c1-9(13(15)14(16)17)11-8-4-6-10-5-2-3-7-12(10)11/h2-9,13H,1H3,(H,16,17). The zero-order chi connectivity index (χ0) is 12.4. The smallest absolute Gasteiger partial charge is 0.338 e. The third-order valence-electron chi connectivity index (χ3n) is 2.99. The fraction of sp³-hybridized carbons (Fsp3) is 0.214. The summed E-state index contributed by atoms with van der Waals surface area (Å²) < 4.78 is 13.5. The predicted molar refractivity (Wildman–Crippen MR) is 64.9 cm³/mol. The SMILES string of the molecule is CC(c1cccc2ccccc12)C(F)C(=O)O. The fourth-order valence-electron chi connectivity index (χ4n) is 2.02. The van der Waals surface area contributed by atoms with Crippen molar-refractivity contribution in [1.82, 2.24) is 0 Å². The molecule has 0 fully saturated rings. The van der Waals surface area contributed by atoms with Crippen LogP contribution in [0.3, 0.4) is 0 Å². The normalized spacial score (nSPS) is 14.5. The Kier molecular flexibility index (Phi) is 3.09. The van der Waals surface area contributed by atoms with E-state index >= 15 is 0 Å². The molecule has 0 spiro atoms. The highest BCUT2D eigenvalue weighted by Crippen LogP contribution is 2.29. The Morgan fingerprint density at radius 1 is 1.18 bits per heavy atom. The van der Waals surface area contributed by atoms with Gasteiger partial charge in [0.15, 0.2) is 0 Å². The van der Waals surface area contributed by atoms with Gasteiger partial charge in [-0.1, -0.05) is 49.4 Å². The van der Waals surface area contributed by atoms with Crippen molar-refractivity contribution in [3.63, 3.8) is 0 Å². The van der Waals surface area contributed by atoms with Crippen molar-refractivity contribution in [2.45, 2.75) is 19.0 Å². The predicted octanol–water partition coefficient (Wildman–Crippen LogP) is 3.37. The van der Waals surface area contributed by atoms with Crippen molar-refractivity contribution < 1.29 is 14.3 Å². The van der Waals surface area contributed by atoms with Gasteiger partial charge in [-0.05, 0) is 16.3 Å². The lowest BCUT2D eigenvalue weighted by molar-refractivity contribution is -0.143. The summed E-state index contributed by atoms with van der Waals surface area (Å²) in [5, 5.41) is 10.6. The number of carbonyl (C=O) groups is 1. The molecule has 0 aliphatic carbocycles. The van der Waals surface area contributed by atoms with Crippen LogP contribution in [0.1, 0.15) is 18.4 Å². The van der Waals surface area contributed by atoms with Crippen molar-refractivity contribution in [2.75, 3.05) is 0 Å². The minimum Gasteiger partial charge on any atom is -0.479 e. The van der Waals surface area contributed by atoms with Crippen LogP contribution < -0.4 is 0 Å². The van der Waals surface area contributed by atoms with Crippen LogP contribution in [-0.2, 0) is 4.79 Å². The van der Waals surface area contributed by atoms with Crippen LogP contribution in [0.4, 0.5) is 4.39 Å². The van der Waals surface area contributed by atoms with Gasteiger partial charge in [0.1, 0.15) is 0 Å². The molecule has 0 aliphatic rings. The van der Waals surface area contributed by atoms with Crippen molar-refractivity contribution >= 4 is 16.7 Å². The number of benzene rings is 2. The summed E-state index contributed by atoms with van der Waals surface area (Å²) in [7, 11) is 0. The molecule has 0 saturated carbocycles. The largest absolute Gasteiger partial charge is 0.479 e. The maximum atomic E-state index is 13.5. The summed E-state index contributed by atoms with van der Waals surface area (Å²) in [6.07, 6.45) is -1.87. The molecule has 2 nitrogen and oxygen atoms in total. The molecule has 2 unspecified atom stereocenters. The van der Waals surface area contributed by atoms with Gasteiger partial charge in [-0.3, -0.25) is 0 Å². The molecule has 2 atom stereocenters. The number of halogens is 1. The van der Waals surface area contributed by atoms with E-state index in [2.05, 4.69) is 0 Å². The molecule has 2 rings (SSSR count). The number of carboxylic acids is 1. The van der Waals surface area contributed by atoms with Gasteiger partial charge in [0.05, 0.1) is 0 Å². The van der Waals surface area contributed by atoms with Gasteiger partial charge in [0, 0.05) is 5.92 Å². The first-order valence-electron chi connectivity index (χ1n) is 5.46. The summed E-state index contributed by atoms with van der Waals surface area (Å²) in [6.45, 7) is 1.60. The lowest BCUT2D eigenvalue weighted by atomic mass is 9.91. The van der Waals surface area contributed by atoms with E-state index < -0.39 is 18.1 Å². The molecule has 0 bridgehead atoms. The van der Waals surface area contributed by atoms with E-state index in [0.717, 1.165) is 16.3 Å². The Labute approximate surface area is 98.7 Å². The molecule has 1 N–H and O–H groups in total. The highest BCUT2D eigenvalue weighted by Gasteiger charge is 2.26. The molecule has 88 valence electrons. The zero-order valence-electron chi connectivity index (χ0n) is 9.43. The molecule has 3 heteroatoms. The second kappa shape index (κ2) is 4.53. The summed E-state index contributed by atoms with van der Waals surface area (Å²) in [5.41, 5.74) is 0.734. The maximum absolute atomic E-state index is 13.5. The second-order valence-corrected chi connectivity index (χ2v) is 4.10. The molecule has 0 radical (unpaired) electrons. The number of alkyl halides is 1. The molecule has 0 saturated heterocycles. The Morgan fingerprint density at radius 2 is 1.82 bits per heavy atom. The molecular weight excluding hydrogens is 219 g/mol.